The van der Waals surface area contributed by atoms with Gasteiger partial charge in [0.2, 0.25) is 0 Å². The lowest BCUT2D eigenvalue weighted by Gasteiger charge is -2.12. The lowest BCUT2D eigenvalue weighted by atomic mass is 10.1. The van der Waals surface area contributed by atoms with Crippen molar-refractivity contribution in [2.45, 2.75) is 6.92 Å². The molecule has 0 amide bonds. The zero-order valence-corrected chi connectivity index (χ0v) is 11.2. The summed E-state index contributed by atoms with van der Waals surface area (Å²) in [5.74, 6) is -0.722. The molecule has 2 rings (SSSR count). The van der Waals surface area contributed by atoms with Gasteiger partial charge in [-0.15, -0.1) is 0 Å². The lowest BCUT2D eigenvalue weighted by Crippen LogP contribution is -1.99. The number of halogens is 3. The smallest absolute Gasteiger partial charge is 0.137 e. The topological polar surface area (TPSA) is 38.0 Å². The number of nitrogens with two attached hydrogens (primary N) is 1. The van der Waals surface area contributed by atoms with E-state index in [2.05, 4.69) is 21.2 Å². The second-order valence-corrected chi connectivity index (χ2v) is 4.79. The Kier molecular flexibility index (Phi) is 3.52. The SMILES string of the molecule is Cc1cc(F)c(Br)cc1Nc1ccc(F)cc1N. The van der Waals surface area contributed by atoms with Gasteiger partial charge in [0.05, 0.1) is 15.8 Å². The van der Waals surface area contributed by atoms with Crippen LogP contribution in [0.3, 0.4) is 0 Å². The Hall–Kier alpha value is -1.62. The van der Waals surface area contributed by atoms with Crippen LogP contribution >= 0.6 is 15.9 Å². The van der Waals surface area contributed by atoms with Crippen molar-refractivity contribution in [3.8, 4) is 0 Å². The average Bonchev–Trinajstić information content (AvgIpc) is 2.29. The van der Waals surface area contributed by atoms with Gasteiger partial charge in [-0.25, -0.2) is 8.78 Å². The summed E-state index contributed by atoms with van der Waals surface area (Å²) in [7, 11) is 0. The van der Waals surface area contributed by atoms with Crippen LogP contribution in [0.25, 0.3) is 0 Å². The van der Waals surface area contributed by atoms with Crippen molar-refractivity contribution in [1.29, 1.82) is 0 Å². The third-order valence-electron chi connectivity index (χ3n) is 2.55. The van der Waals surface area contributed by atoms with E-state index in [1.807, 2.05) is 0 Å². The Labute approximate surface area is 112 Å². The molecule has 0 unspecified atom stereocenters. The summed E-state index contributed by atoms with van der Waals surface area (Å²) >= 11 is 3.12. The van der Waals surface area contributed by atoms with E-state index < -0.39 is 5.82 Å². The van der Waals surface area contributed by atoms with Crippen LogP contribution in [0, 0.1) is 18.6 Å². The summed E-state index contributed by atoms with van der Waals surface area (Å²) in [6, 6.07) is 7.11. The Morgan fingerprint density at radius 2 is 1.83 bits per heavy atom. The highest BCUT2D eigenvalue weighted by Gasteiger charge is 2.07. The van der Waals surface area contributed by atoms with Gasteiger partial charge >= 0.3 is 0 Å². The van der Waals surface area contributed by atoms with E-state index in [0.29, 0.717) is 21.5 Å². The van der Waals surface area contributed by atoms with E-state index in [1.165, 1.54) is 18.2 Å². The van der Waals surface area contributed by atoms with E-state index in [9.17, 15) is 8.78 Å². The lowest BCUT2D eigenvalue weighted by molar-refractivity contribution is 0.620. The third-order valence-corrected chi connectivity index (χ3v) is 3.16. The molecule has 5 heteroatoms. The van der Waals surface area contributed by atoms with Crippen molar-refractivity contribution in [3.05, 3.63) is 52.0 Å². The van der Waals surface area contributed by atoms with Gasteiger partial charge in [0.15, 0.2) is 0 Å². The first-order valence-electron chi connectivity index (χ1n) is 5.25. The molecule has 2 aromatic carbocycles. The van der Waals surface area contributed by atoms with Crippen LogP contribution in [0.5, 0.6) is 0 Å². The number of aryl methyl sites for hydroxylation is 1. The monoisotopic (exact) mass is 312 g/mol. The van der Waals surface area contributed by atoms with E-state index in [1.54, 1.807) is 19.1 Å². The molecule has 0 radical (unpaired) electrons. The largest absolute Gasteiger partial charge is 0.397 e. The highest BCUT2D eigenvalue weighted by Crippen LogP contribution is 2.29. The van der Waals surface area contributed by atoms with Crippen molar-refractivity contribution in [2.24, 2.45) is 0 Å². The number of nitrogens with one attached hydrogen (secondary N) is 1. The van der Waals surface area contributed by atoms with Gasteiger partial charge in [0, 0.05) is 5.69 Å². The van der Waals surface area contributed by atoms with Gasteiger partial charge in [-0.3, -0.25) is 0 Å². The fourth-order valence-electron chi connectivity index (χ4n) is 1.57. The predicted octanol–water partition coefficient (Wildman–Crippen LogP) is 4.36. The van der Waals surface area contributed by atoms with Crippen LogP contribution in [0.1, 0.15) is 5.56 Å². The standard InChI is InChI=1S/C13H11BrF2N2/c1-7-4-10(16)9(14)6-13(7)18-12-3-2-8(15)5-11(12)17/h2-6,18H,17H2,1H3. The molecule has 0 spiro atoms. The molecule has 94 valence electrons. The molecule has 0 atom stereocenters. The maximum atomic E-state index is 13.3. The molecule has 0 aliphatic rings. The Morgan fingerprint density at radius 1 is 1.11 bits per heavy atom. The zero-order chi connectivity index (χ0) is 13.3. The quantitative estimate of drug-likeness (QED) is 0.808. The highest BCUT2D eigenvalue weighted by molar-refractivity contribution is 9.10. The molecule has 0 aliphatic carbocycles. The minimum atomic E-state index is -0.393. The Balaban J connectivity index is 2.37. The molecule has 0 saturated heterocycles. The number of hydrogen-bond donors (Lipinski definition) is 2. The Bertz CT molecular complexity index is 600. The second kappa shape index (κ2) is 4.94. The number of nitrogen functional groups attached to an aromatic ring is 1. The van der Waals surface area contributed by atoms with Crippen molar-refractivity contribution >= 4 is 33.0 Å². The first-order chi connectivity index (χ1) is 8.47. The van der Waals surface area contributed by atoms with Crippen LogP contribution in [0.2, 0.25) is 0 Å². The van der Waals surface area contributed by atoms with Crippen molar-refractivity contribution < 1.29 is 8.78 Å². The minimum Gasteiger partial charge on any atom is -0.397 e. The molecule has 0 aliphatic heterocycles. The summed E-state index contributed by atoms with van der Waals surface area (Å²) in [4.78, 5) is 0. The summed E-state index contributed by atoms with van der Waals surface area (Å²) in [6.07, 6.45) is 0. The summed E-state index contributed by atoms with van der Waals surface area (Å²) in [5, 5.41) is 3.05. The normalized spacial score (nSPS) is 10.4. The van der Waals surface area contributed by atoms with Gasteiger partial charge in [-0.2, -0.15) is 0 Å². The molecule has 0 bridgehead atoms. The van der Waals surface area contributed by atoms with Gasteiger partial charge in [0.25, 0.3) is 0 Å². The molecule has 0 heterocycles. The van der Waals surface area contributed by atoms with Crippen LogP contribution in [0.15, 0.2) is 34.8 Å². The number of rotatable bonds is 2. The minimum absolute atomic E-state index is 0.301. The van der Waals surface area contributed by atoms with Gasteiger partial charge in [0.1, 0.15) is 11.6 Å². The third kappa shape index (κ3) is 2.61. The van der Waals surface area contributed by atoms with E-state index in [4.69, 9.17) is 5.73 Å². The molecule has 2 aromatic rings. The van der Waals surface area contributed by atoms with Gasteiger partial charge in [-0.05, 0) is 58.7 Å². The molecule has 0 aromatic heterocycles. The van der Waals surface area contributed by atoms with Crippen molar-refractivity contribution in [2.75, 3.05) is 11.1 Å². The fraction of sp³-hybridized carbons (Fsp3) is 0.0769. The van der Waals surface area contributed by atoms with Crippen LogP contribution in [-0.2, 0) is 0 Å². The molecule has 0 fully saturated rings. The molecular weight excluding hydrogens is 302 g/mol. The fourth-order valence-corrected chi connectivity index (χ4v) is 1.92. The predicted molar refractivity (Wildman–Crippen MR) is 72.9 cm³/mol. The molecule has 18 heavy (non-hydrogen) atoms. The van der Waals surface area contributed by atoms with Gasteiger partial charge in [-0.1, -0.05) is 0 Å². The molecular formula is C13H11BrF2N2. The molecule has 0 saturated carbocycles. The van der Waals surface area contributed by atoms with E-state index in [0.717, 1.165) is 5.56 Å². The van der Waals surface area contributed by atoms with Crippen molar-refractivity contribution in [3.63, 3.8) is 0 Å². The molecule has 3 N–H and O–H groups in total. The maximum Gasteiger partial charge on any atom is 0.137 e. The van der Waals surface area contributed by atoms with Crippen LogP contribution in [-0.4, -0.2) is 0 Å². The number of anilines is 3. The maximum absolute atomic E-state index is 13.3. The summed E-state index contributed by atoms with van der Waals surface area (Å²) < 4.78 is 26.6. The highest BCUT2D eigenvalue weighted by atomic mass is 79.9. The summed E-state index contributed by atoms with van der Waals surface area (Å²) in [5.41, 5.74) is 8.03. The summed E-state index contributed by atoms with van der Waals surface area (Å²) in [6.45, 7) is 1.78. The van der Waals surface area contributed by atoms with E-state index in [-0.39, 0.29) is 5.82 Å². The number of hydrogen-bond acceptors (Lipinski definition) is 2. The van der Waals surface area contributed by atoms with Gasteiger partial charge < -0.3 is 11.1 Å². The first kappa shape index (κ1) is 12.8. The van der Waals surface area contributed by atoms with Crippen molar-refractivity contribution in [1.82, 2.24) is 0 Å². The first-order valence-corrected chi connectivity index (χ1v) is 6.04. The van der Waals surface area contributed by atoms with Crippen LogP contribution < -0.4 is 11.1 Å². The Morgan fingerprint density at radius 3 is 2.50 bits per heavy atom. The second-order valence-electron chi connectivity index (χ2n) is 3.94. The molecule has 2 nitrogen and oxygen atoms in total. The van der Waals surface area contributed by atoms with E-state index >= 15 is 0 Å². The number of benzene rings is 2. The van der Waals surface area contributed by atoms with Crippen LogP contribution in [0.4, 0.5) is 25.8 Å². The zero-order valence-electron chi connectivity index (χ0n) is 9.60. The average molecular weight is 313 g/mol.